The number of amides is 2. The standard InChI is InChI=1S/C14H18N2O4/c1-10(11-5-3-2-4-6-11)15-14(19)16-7-8-20-12(9-16)13(17)18/h2-6,10,12H,7-9H2,1H3,(H,15,19)(H,17,18). The van der Waals surface area contributed by atoms with Gasteiger partial charge in [-0.2, -0.15) is 0 Å². The Bertz CT molecular complexity index is 477. The molecule has 0 bridgehead atoms. The Kier molecular flexibility index (Phi) is 4.57. The van der Waals surface area contributed by atoms with Crippen molar-refractivity contribution in [2.24, 2.45) is 0 Å². The number of hydrogen-bond donors (Lipinski definition) is 2. The van der Waals surface area contributed by atoms with Gasteiger partial charge >= 0.3 is 12.0 Å². The molecule has 1 aromatic carbocycles. The predicted molar refractivity (Wildman–Crippen MR) is 72.3 cm³/mol. The quantitative estimate of drug-likeness (QED) is 0.872. The van der Waals surface area contributed by atoms with Crippen molar-refractivity contribution in [2.75, 3.05) is 19.7 Å². The maximum atomic E-state index is 12.1. The zero-order valence-electron chi connectivity index (χ0n) is 11.3. The molecule has 2 unspecified atom stereocenters. The van der Waals surface area contributed by atoms with Gasteiger partial charge in [-0.05, 0) is 12.5 Å². The second-order valence-electron chi connectivity index (χ2n) is 4.73. The first-order valence-electron chi connectivity index (χ1n) is 6.52. The highest BCUT2D eigenvalue weighted by atomic mass is 16.5. The van der Waals surface area contributed by atoms with Gasteiger partial charge < -0.3 is 20.1 Å². The Balaban J connectivity index is 1.93. The van der Waals surface area contributed by atoms with Gasteiger partial charge in [0.2, 0.25) is 0 Å². The number of carbonyl (C=O) groups is 2. The molecule has 6 nitrogen and oxygen atoms in total. The summed E-state index contributed by atoms with van der Waals surface area (Å²) in [6, 6.07) is 9.21. The van der Waals surface area contributed by atoms with E-state index in [1.54, 1.807) is 0 Å². The van der Waals surface area contributed by atoms with Crippen LogP contribution in [0, 0.1) is 0 Å². The summed E-state index contributed by atoms with van der Waals surface area (Å²) in [5.41, 5.74) is 1.00. The van der Waals surface area contributed by atoms with Crippen LogP contribution in [0.2, 0.25) is 0 Å². The molecule has 0 aliphatic carbocycles. The van der Waals surface area contributed by atoms with Crippen LogP contribution in [-0.2, 0) is 9.53 Å². The molecule has 1 aliphatic rings. The number of benzene rings is 1. The van der Waals surface area contributed by atoms with Gasteiger partial charge in [-0.15, -0.1) is 0 Å². The molecule has 6 heteroatoms. The van der Waals surface area contributed by atoms with E-state index in [0.717, 1.165) is 5.56 Å². The summed E-state index contributed by atoms with van der Waals surface area (Å²) in [6.07, 6.45) is -0.943. The minimum atomic E-state index is -1.04. The Morgan fingerprint density at radius 3 is 2.75 bits per heavy atom. The molecule has 1 aliphatic heterocycles. The molecular weight excluding hydrogens is 260 g/mol. The highest BCUT2D eigenvalue weighted by Crippen LogP contribution is 2.13. The molecule has 0 aromatic heterocycles. The molecule has 0 spiro atoms. The lowest BCUT2D eigenvalue weighted by atomic mass is 10.1. The first-order chi connectivity index (χ1) is 9.58. The summed E-state index contributed by atoms with van der Waals surface area (Å²) >= 11 is 0. The van der Waals surface area contributed by atoms with Gasteiger partial charge in [0, 0.05) is 6.54 Å². The zero-order chi connectivity index (χ0) is 14.5. The van der Waals surface area contributed by atoms with Crippen molar-refractivity contribution in [3.63, 3.8) is 0 Å². The Hall–Kier alpha value is -2.08. The summed E-state index contributed by atoms with van der Waals surface area (Å²) in [5, 5.41) is 11.8. The van der Waals surface area contributed by atoms with Crippen LogP contribution in [-0.4, -0.2) is 47.8 Å². The number of nitrogens with zero attached hydrogens (tertiary/aromatic N) is 1. The van der Waals surface area contributed by atoms with Crippen LogP contribution < -0.4 is 5.32 Å². The fourth-order valence-electron chi connectivity index (χ4n) is 2.08. The maximum absolute atomic E-state index is 12.1. The van der Waals surface area contributed by atoms with E-state index in [4.69, 9.17) is 9.84 Å². The molecule has 1 aromatic rings. The second kappa shape index (κ2) is 6.38. The van der Waals surface area contributed by atoms with E-state index in [-0.39, 0.29) is 25.2 Å². The van der Waals surface area contributed by atoms with Crippen LogP contribution in [0.3, 0.4) is 0 Å². The third kappa shape index (κ3) is 3.48. The summed E-state index contributed by atoms with van der Waals surface area (Å²) in [6.45, 7) is 2.60. The minimum absolute atomic E-state index is 0.0721. The molecule has 108 valence electrons. The first kappa shape index (κ1) is 14.3. The molecule has 2 atom stereocenters. The number of aliphatic carboxylic acids is 1. The SMILES string of the molecule is CC(NC(=O)N1CCOC(C(=O)O)C1)c1ccccc1. The summed E-state index contributed by atoms with van der Waals surface area (Å²) in [7, 11) is 0. The molecule has 2 amide bonds. The molecule has 0 saturated carbocycles. The number of morpholine rings is 1. The van der Waals surface area contributed by atoms with Crippen LogP contribution in [0.15, 0.2) is 30.3 Å². The Labute approximate surface area is 117 Å². The topological polar surface area (TPSA) is 78.9 Å². The fraction of sp³-hybridized carbons (Fsp3) is 0.429. The average Bonchev–Trinajstić information content (AvgIpc) is 2.48. The summed E-state index contributed by atoms with van der Waals surface area (Å²) < 4.78 is 5.09. The summed E-state index contributed by atoms with van der Waals surface area (Å²) in [4.78, 5) is 24.5. The van der Waals surface area contributed by atoms with Crippen LogP contribution in [0.5, 0.6) is 0 Å². The lowest BCUT2D eigenvalue weighted by Gasteiger charge is -2.31. The average molecular weight is 278 g/mol. The number of carboxylic acid groups (broad SMARTS) is 1. The van der Waals surface area contributed by atoms with Crippen molar-refractivity contribution < 1.29 is 19.4 Å². The lowest BCUT2D eigenvalue weighted by Crippen LogP contribution is -2.52. The molecule has 20 heavy (non-hydrogen) atoms. The molecular formula is C14H18N2O4. The van der Waals surface area contributed by atoms with Crippen molar-refractivity contribution in [1.82, 2.24) is 10.2 Å². The molecule has 0 radical (unpaired) electrons. The number of carbonyl (C=O) groups excluding carboxylic acids is 1. The van der Waals surface area contributed by atoms with Crippen LogP contribution in [0.1, 0.15) is 18.5 Å². The minimum Gasteiger partial charge on any atom is -0.479 e. The molecule has 2 N–H and O–H groups in total. The van der Waals surface area contributed by atoms with Crippen molar-refractivity contribution in [2.45, 2.75) is 19.1 Å². The monoisotopic (exact) mass is 278 g/mol. The van der Waals surface area contributed by atoms with Gasteiger partial charge in [-0.1, -0.05) is 30.3 Å². The number of urea groups is 1. The number of hydrogen-bond acceptors (Lipinski definition) is 3. The number of nitrogens with one attached hydrogen (secondary N) is 1. The van der Waals surface area contributed by atoms with Crippen LogP contribution in [0.25, 0.3) is 0 Å². The van der Waals surface area contributed by atoms with Crippen molar-refractivity contribution in [1.29, 1.82) is 0 Å². The molecule has 1 heterocycles. The predicted octanol–water partition coefficient (Wildman–Crippen LogP) is 1.24. The molecule has 1 fully saturated rings. The van der Waals surface area contributed by atoms with Gasteiger partial charge in [-0.25, -0.2) is 9.59 Å². The van der Waals surface area contributed by atoms with Gasteiger partial charge in [0.1, 0.15) is 0 Å². The van der Waals surface area contributed by atoms with Crippen molar-refractivity contribution >= 4 is 12.0 Å². The number of carboxylic acids is 1. The Morgan fingerprint density at radius 1 is 1.40 bits per heavy atom. The molecule has 1 saturated heterocycles. The van der Waals surface area contributed by atoms with E-state index in [1.165, 1.54) is 4.90 Å². The molecule has 2 rings (SSSR count). The zero-order valence-corrected chi connectivity index (χ0v) is 11.3. The largest absolute Gasteiger partial charge is 0.479 e. The van der Waals surface area contributed by atoms with Gasteiger partial charge in [0.25, 0.3) is 0 Å². The highest BCUT2D eigenvalue weighted by molar-refractivity contribution is 5.77. The van der Waals surface area contributed by atoms with E-state index in [1.807, 2.05) is 37.3 Å². The van der Waals surface area contributed by atoms with Gasteiger partial charge in [-0.3, -0.25) is 0 Å². The maximum Gasteiger partial charge on any atom is 0.334 e. The number of rotatable bonds is 3. The number of ether oxygens (including phenoxy) is 1. The smallest absolute Gasteiger partial charge is 0.334 e. The van der Waals surface area contributed by atoms with E-state index in [0.29, 0.717) is 6.54 Å². The highest BCUT2D eigenvalue weighted by Gasteiger charge is 2.29. The van der Waals surface area contributed by atoms with E-state index in [9.17, 15) is 9.59 Å². The first-order valence-corrected chi connectivity index (χ1v) is 6.52. The summed E-state index contributed by atoms with van der Waals surface area (Å²) in [5.74, 6) is -1.04. The normalized spacial score (nSPS) is 20.2. The van der Waals surface area contributed by atoms with Crippen LogP contribution in [0.4, 0.5) is 4.79 Å². The van der Waals surface area contributed by atoms with Crippen LogP contribution >= 0.6 is 0 Å². The van der Waals surface area contributed by atoms with Gasteiger partial charge in [0.15, 0.2) is 6.10 Å². The third-order valence-corrected chi connectivity index (χ3v) is 3.27. The van der Waals surface area contributed by atoms with Crippen molar-refractivity contribution in [3.05, 3.63) is 35.9 Å². The van der Waals surface area contributed by atoms with Gasteiger partial charge in [0.05, 0.1) is 19.2 Å². The van der Waals surface area contributed by atoms with E-state index >= 15 is 0 Å². The van der Waals surface area contributed by atoms with Crippen molar-refractivity contribution in [3.8, 4) is 0 Å². The second-order valence-corrected chi connectivity index (χ2v) is 4.73. The Morgan fingerprint density at radius 2 is 2.10 bits per heavy atom. The lowest BCUT2D eigenvalue weighted by molar-refractivity contribution is -0.154. The fourth-order valence-corrected chi connectivity index (χ4v) is 2.08. The van der Waals surface area contributed by atoms with E-state index < -0.39 is 12.1 Å². The van der Waals surface area contributed by atoms with E-state index in [2.05, 4.69) is 5.32 Å². The third-order valence-electron chi connectivity index (χ3n) is 3.27.